The van der Waals surface area contributed by atoms with Crippen molar-refractivity contribution < 1.29 is 0 Å². The zero-order chi connectivity index (χ0) is 14.4. The first-order valence-corrected chi connectivity index (χ1v) is 7.61. The van der Waals surface area contributed by atoms with E-state index < -0.39 is 0 Å². The summed E-state index contributed by atoms with van der Waals surface area (Å²) >= 11 is 0. The lowest BCUT2D eigenvalue weighted by Gasteiger charge is -2.10. The molecular weight excluding hydrogens is 251 g/mol. The van der Waals surface area contributed by atoms with Crippen molar-refractivity contribution in [1.29, 1.82) is 0 Å². The summed E-state index contributed by atoms with van der Waals surface area (Å²) in [5, 5.41) is 8.08. The van der Waals surface area contributed by atoms with Crippen LogP contribution >= 0.6 is 0 Å². The molecule has 0 atom stereocenters. The number of fused-ring (bicyclic) bond motifs is 4. The van der Waals surface area contributed by atoms with Crippen LogP contribution in [0.2, 0.25) is 0 Å². The SMILES string of the molecule is Bc1cc(CC)cc2c1ccc1cc3ccccc3cc12. The van der Waals surface area contributed by atoms with Crippen LogP contribution in [0.25, 0.3) is 32.3 Å². The van der Waals surface area contributed by atoms with Crippen molar-refractivity contribution in [3.05, 3.63) is 66.2 Å². The minimum atomic E-state index is 1.08. The Morgan fingerprint density at radius 2 is 1.48 bits per heavy atom. The third-order valence-electron chi connectivity index (χ3n) is 4.49. The molecule has 100 valence electrons. The van der Waals surface area contributed by atoms with Gasteiger partial charge in [0.15, 0.2) is 0 Å². The summed E-state index contributed by atoms with van der Waals surface area (Å²) in [6.45, 7) is 2.22. The van der Waals surface area contributed by atoms with Crippen LogP contribution in [0.4, 0.5) is 0 Å². The minimum Gasteiger partial charge on any atom is -0.0810 e. The summed E-state index contributed by atoms with van der Waals surface area (Å²) in [5.74, 6) is 0. The Balaban J connectivity index is 2.21. The van der Waals surface area contributed by atoms with Crippen LogP contribution in [0, 0.1) is 0 Å². The van der Waals surface area contributed by atoms with E-state index >= 15 is 0 Å². The fraction of sp³-hybridized carbons (Fsp3) is 0.100. The van der Waals surface area contributed by atoms with Gasteiger partial charge in [-0.3, -0.25) is 0 Å². The average Bonchev–Trinajstić information content (AvgIpc) is 2.52. The first kappa shape index (κ1) is 12.5. The highest BCUT2D eigenvalue weighted by atomic mass is 14.1. The summed E-state index contributed by atoms with van der Waals surface area (Å²) < 4.78 is 0. The molecule has 0 aliphatic carbocycles. The fourth-order valence-corrected chi connectivity index (χ4v) is 3.32. The molecule has 0 N–H and O–H groups in total. The van der Waals surface area contributed by atoms with Gasteiger partial charge in [-0.2, -0.15) is 0 Å². The zero-order valence-corrected chi connectivity index (χ0v) is 12.5. The summed E-state index contributed by atoms with van der Waals surface area (Å²) in [6.07, 6.45) is 1.08. The number of hydrogen-bond donors (Lipinski definition) is 0. The number of hydrogen-bond acceptors (Lipinski definition) is 0. The maximum atomic E-state index is 2.36. The molecule has 0 fully saturated rings. The van der Waals surface area contributed by atoms with E-state index in [0.717, 1.165) is 6.42 Å². The molecule has 0 heterocycles. The van der Waals surface area contributed by atoms with E-state index in [1.165, 1.54) is 43.3 Å². The molecule has 0 aromatic heterocycles. The lowest BCUT2D eigenvalue weighted by molar-refractivity contribution is 1.15. The third kappa shape index (κ3) is 1.92. The highest BCUT2D eigenvalue weighted by Gasteiger charge is 2.06. The van der Waals surface area contributed by atoms with Gasteiger partial charge in [-0.1, -0.05) is 60.9 Å². The first-order valence-electron chi connectivity index (χ1n) is 7.61. The van der Waals surface area contributed by atoms with E-state index in [4.69, 9.17) is 0 Å². The summed E-state index contributed by atoms with van der Waals surface area (Å²) in [5.41, 5.74) is 2.79. The molecule has 0 spiro atoms. The third-order valence-corrected chi connectivity index (χ3v) is 4.49. The largest absolute Gasteiger partial charge is 0.140 e. The van der Waals surface area contributed by atoms with Gasteiger partial charge in [0.25, 0.3) is 0 Å². The molecule has 1 heteroatoms. The first-order chi connectivity index (χ1) is 10.3. The van der Waals surface area contributed by atoms with Gasteiger partial charge in [-0.05, 0) is 56.4 Å². The molecule has 0 amide bonds. The van der Waals surface area contributed by atoms with Gasteiger partial charge in [0.05, 0.1) is 0 Å². The Kier molecular flexibility index (Phi) is 2.75. The van der Waals surface area contributed by atoms with Crippen molar-refractivity contribution in [1.82, 2.24) is 0 Å². The van der Waals surface area contributed by atoms with Gasteiger partial charge < -0.3 is 0 Å². The Hall–Kier alpha value is -2.28. The Labute approximate surface area is 125 Å². The van der Waals surface area contributed by atoms with E-state index in [9.17, 15) is 0 Å². The lowest BCUT2D eigenvalue weighted by atomic mass is 9.85. The second kappa shape index (κ2) is 4.63. The van der Waals surface area contributed by atoms with E-state index in [1.54, 1.807) is 0 Å². The van der Waals surface area contributed by atoms with Crippen LogP contribution in [-0.2, 0) is 6.42 Å². The van der Waals surface area contributed by atoms with Crippen LogP contribution in [0.3, 0.4) is 0 Å². The summed E-state index contributed by atoms with van der Waals surface area (Å²) in [4.78, 5) is 0. The maximum absolute atomic E-state index is 2.36. The molecule has 21 heavy (non-hydrogen) atoms. The van der Waals surface area contributed by atoms with Crippen molar-refractivity contribution >= 4 is 45.6 Å². The second-order valence-electron chi connectivity index (χ2n) is 5.85. The van der Waals surface area contributed by atoms with Crippen molar-refractivity contribution in [3.63, 3.8) is 0 Å². The van der Waals surface area contributed by atoms with Crippen LogP contribution < -0.4 is 5.46 Å². The van der Waals surface area contributed by atoms with Crippen molar-refractivity contribution in [2.45, 2.75) is 13.3 Å². The molecule has 4 aromatic rings. The van der Waals surface area contributed by atoms with E-state index in [0.29, 0.717) is 0 Å². The monoisotopic (exact) mass is 268 g/mol. The Bertz CT molecular complexity index is 983. The molecule has 4 rings (SSSR count). The summed E-state index contributed by atoms with van der Waals surface area (Å²) in [6, 6.07) is 22.4. The highest BCUT2D eigenvalue weighted by molar-refractivity contribution is 6.40. The Morgan fingerprint density at radius 3 is 2.24 bits per heavy atom. The molecule has 0 saturated heterocycles. The molecule has 4 aromatic carbocycles. The number of benzene rings is 4. The van der Waals surface area contributed by atoms with Gasteiger partial charge in [-0.15, -0.1) is 0 Å². The number of aryl methyl sites for hydroxylation is 1. The number of rotatable bonds is 1. The van der Waals surface area contributed by atoms with Gasteiger partial charge in [-0.25, -0.2) is 0 Å². The van der Waals surface area contributed by atoms with Crippen LogP contribution in [0.1, 0.15) is 12.5 Å². The van der Waals surface area contributed by atoms with E-state index in [1.807, 2.05) is 0 Å². The van der Waals surface area contributed by atoms with E-state index in [-0.39, 0.29) is 0 Å². The summed E-state index contributed by atoms with van der Waals surface area (Å²) in [7, 11) is 2.22. The molecular formula is C20H17B. The Morgan fingerprint density at radius 1 is 0.714 bits per heavy atom. The zero-order valence-electron chi connectivity index (χ0n) is 12.5. The lowest BCUT2D eigenvalue weighted by Crippen LogP contribution is -2.05. The maximum Gasteiger partial charge on any atom is 0.140 e. The predicted octanol–water partition coefficient (Wildman–Crippen LogP) is 3.97. The highest BCUT2D eigenvalue weighted by Crippen LogP contribution is 2.29. The smallest absolute Gasteiger partial charge is 0.0810 e. The van der Waals surface area contributed by atoms with Crippen molar-refractivity contribution in [3.8, 4) is 0 Å². The molecule has 0 bridgehead atoms. The van der Waals surface area contributed by atoms with Gasteiger partial charge in [0.2, 0.25) is 0 Å². The molecule has 0 saturated carbocycles. The molecule has 0 radical (unpaired) electrons. The topological polar surface area (TPSA) is 0 Å². The van der Waals surface area contributed by atoms with Gasteiger partial charge in [0, 0.05) is 0 Å². The predicted molar refractivity (Wildman–Crippen MR) is 96.5 cm³/mol. The molecule has 0 unspecified atom stereocenters. The van der Waals surface area contributed by atoms with Crippen LogP contribution in [0.5, 0.6) is 0 Å². The van der Waals surface area contributed by atoms with Gasteiger partial charge in [0.1, 0.15) is 7.85 Å². The normalized spacial score (nSPS) is 11.5. The van der Waals surface area contributed by atoms with Gasteiger partial charge >= 0.3 is 0 Å². The van der Waals surface area contributed by atoms with E-state index in [2.05, 4.69) is 75.4 Å². The quantitative estimate of drug-likeness (QED) is 0.278. The van der Waals surface area contributed by atoms with Crippen LogP contribution in [-0.4, -0.2) is 7.85 Å². The molecule has 0 aliphatic heterocycles. The average molecular weight is 268 g/mol. The molecule has 0 nitrogen and oxygen atoms in total. The van der Waals surface area contributed by atoms with Crippen molar-refractivity contribution in [2.75, 3.05) is 0 Å². The van der Waals surface area contributed by atoms with Crippen molar-refractivity contribution in [2.24, 2.45) is 0 Å². The fourth-order valence-electron chi connectivity index (χ4n) is 3.32. The minimum absolute atomic E-state index is 1.08. The molecule has 0 aliphatic rings. The standard InChI is InChI=1S/C20H17B/c1-2-13-9-19-17(20(21)10-13)8-7-16-11-14-5-3-4-6-15(14)12-18(16)19/h3-12H,2,21H2,1H3. The second-order valence-corrected chi connectivity index (χ2v) is 5.85. The van der Waals surface area contributed by atoms with Crippen LogP contribution in [0.15, 0.2) is 60.7 Å².